The summed E-state index contributed by atoms with van der Waals surface area (Å²) in [5.41, 5.74) is 3.34. The maximum absolute atomic E-state index is 11.8. The molecule has 2 unspecified atom stereocenters. The van der Waals surface area contributed by atoms with Gasteiger partial charge in [-0.2, -0.15) is 0 Å². The first-order chi connectivity index (χ1) is 15.3. The van der Waals surface area contributed by atoms with Gasteiger partial charge in [0.25, 0.3) is 0 Å². The van der Waals surface area contributed by atoms with E-state index in [0.29, 0.717) is 18.9 Å². The fourth-order valence-electron chi connectivity index (χ4n) is 4.84. The molecular formula is C27H38N2O3. The molecule has 0 aliphatic heterocycles. The van der Waals surface area contributed by atoms with E-state index < -0.39 is 12.1 Å². The van der Waals surface area contributed by atoms with Gasteiger partial charge < -0.3 is 20.8 Å². The van der Waals surface area contributed by atoms with Crippen molar-refractivity contribution in [1.82, 2.24) is 10.6 Å². The highest BCUT2D eigenvalue weighted by Crippen LogP contribution is 2.38. The van der Waals surface area contributed by atoms with Gasteiger partial charge in [0.05, 0.1) is 12.1 Å². The normalized spacial score (nSPS) is 17.7. The Kier molecular flexibility index (Phi) is 8.32. The number of hydrogen-bond acceptors (Lipinski definition) is 4. The summed E-state index contributed by atoms with van der Waals surface area (Å²) in [6.07, 6.45) is 5.33. The van der Waals surface area contributed by atoms with Crippen LogP contribution in [0.1, 0.15) is 75.5 Å². The van der Waals surface area contributed by atoms with Gasteiger partial charge in [-0.3, -0.25) is 4.79 Å². The third-order valence-electron chi connectivity index (χ3n) is 6.68. The smallest absolute Gasteiger partial charge is 0.217 e. The fourth-order valence-corrected chi connectivity index (χ4v) is 4.84. The number of aliphatic hydroxyl groups is 1. The summed E-state index contributed by atoms with van der Waals surface area (Å²) < 4.78 is 0. The van der Waals surface area contributed by atoms with Crippen LogP contribution in [0.5, 0.6) is 5.75 Å². The van der Waals surface area contributed by atoms with E-state index in [1.165, 1.54) is 24.5 Å². The third-order valence-corrected chi connectivity index (χ3v) is 6.68. The quantitative estimate of drug-likeness (QED) is 0.469. The lowest BCUT2D eigenvalue weighted by atomic mass is 9.75. The average molecular weight is 439 g/mol. The zero-order chi connectivity index (χ0) is 23.1. The van der Waals surface area contributed by atoms with Crippen LogP contribution in [0.4, 0.5) is 0 Å². The van der Waals surface area contributed by atoms with E-state index in [2.05, 4.69) is 48.7 Å². The molecule has 0 spiro atoms. The van der Waals surface area contributed by atoms with Crippen molar-refractivity contribution in [3.05, 3.63) is 65.2 Å². The van der Waals surface area contributed by atoms with Gasteiger partial charge in [-0.15, -0.1) is 0 Å². The number of hydrogen-bond donors (Lipinski definition) is 4. The molecule has 2 aromatic carbocycles. The minimum absolute atomic E-state index is 0.157. The molecule has 0 radical (unpaired) electrons. The molecule has 2 atom stereocenters. The molecule has 5 nitrogen and oxygen atoms in total. The largest absolute Gasteiger partial charge is 0.508 e. The summed E-state index contributed by atoms with van der Waals surface area (Å²) >= 11 is 0. The Bertz CT molecular complexity index is 890. The van der Waals surface area contributed by atoms with Crippen molar-refractivity contribution in [3.63, 3.8) is 0 Å². The number of phenols is 1. The standard InChI is InChI=1S/C27H38N2O3/c1-19(2)22-10-8-11-23(17-22)27(13-5-4-6-14-27)28-18-26(32)25(29-20(3)30)16-21-9-7-12-24(31)15-21/h7-12,15,17,19,25-26,28,31-32H,4-6,13-14,16,18H2,1-3H3,(H,29,30). The lowest BCUT2D eigenvalue weighted by molar-refractivity contribution is -0.120. The predicted octanol–water partition coefficient (Wildman–Crippen LogP) is 4.37. The molecule has 1 aliphatic rings. The number of nitrogens with one attached hydrogen (secondary N) is 2. The number of carbonyl (C=O) groups excluding carboxylic acids is 1. The monoisotopic (exact) mass is 438 g/mol. The summed E-state index contributed by atoms with van der Waals surface area (Å²) in [4.78, 5) is 11.8. The number of amides is 1. The van der Waals surface area contributed by atoms with Gasteiger partial charge in [-0.1, -0.05) is 69.5 Å². The van der Waals surface area contributed by atoms with Crippen LogP contribution in [-0.4, -0.2) is 34.8 Å². The van der Waals surface area contributed by atoms with Crippen molar-refractivity contribution >= 4 is 5.91 Å². The third kappa shape index (κ3) is 6.33. The van der Waals surface area contributed by atoms with Crippen LogP contribution in [0.2, 0.25) is 0 Å². The molecule has 0 saturated heterocycles. The zero-order valence-electron chi connectivity index (χ0n) is 19.6. The highest BCUT2D eigenvalue weighted by Gasteiger charge is 2.35. The number of rotatable bonds is 9. The van der Waals surface area contributed by atoms with Crippen LogP contribution >= 0.6 is 0 Å². The van der Waals surface area contributed by atoms with Gasteiger partial charge in [0.1, 0.15) is 5.75 Å². The molecule has 5 heteroatoms. The van der Waals surface area contributed by atoms with Crippen molar-refractivity contribution in [2.75, 3.05) is 6.54 Å². The van der Waals surface area contributed by atoms with Crippen molar-refractivity contribution in [1.29, 1.82) is 0 Å². The van der Waals surface area contributed by atoms with Crippen LogP contribution in [0, 0.1) is 0 Å². The maximum atomic E-state index is 11.8. The van der Waals surface area contributed by atoms with E-state index in [0.717, 1.165) is 31.2 Å². The lowest BCUT2D eigenvalue weighted by Crippen LogP contribution is -2.53. The molecule has 32 heavy (non-hydrogen) atoms. The summed E-state index contributed by atoms with van der Waals surface area (Å²) in [6, 6.07) is 15.4. The highest BCUT2D eigenvalue weighted by atomic mass is 16.3. The highest BCUT2D eigenvalue weighted by molar-refractivity contribution is 5.73. The molecule has 3 rings (SSSR count). The van der Waals surface area contributed by atoms with Crippen LogP contribution in [0.3, 0.4) is 0 Å². The average Bonchev–Trinajstić information content (AvgIpc) is 2.77. The summed E-state index contributed by atoms with van der Waals surface area (Å²) in [5, 5.41) is 27.5. The van der Waals surface area contributed by atoms with Crippen LogP contribution in [-0.2, 0) is 16.8 Å². The molecular weight excluding hydrogens is 400 g/mol. The molecule has 1 aliphatic carbocycles. The minimum atomic E-state index is -0.756. The fraction of sp³-hybridized carbons (Fsp3) is 0.519. The molecule has 0 aromatic heterocycles. The SMILES string of the molecule is CC(=O)NC(Cc1cccc(O)c1)C(O)CNC1(c2cccc(C(C)C)c2)CCCCC1. The molecule has 2 aromatic rings. The predicted molar refractivity (Wildman–Crippen MR) is 129 cm³/mol. The Morgan fingerprint density at radius 1 is 1.06 bits per heavy atom. The summed E-state index contributed by atoms with van der Waals surface area (Å²) in [6.45, 7) is 6.28. The van der Waals surface area contributed by atoms with Crippen molar-refractivity contribution in [2.45, 2.75) is 82.9 Å². The second-order valence-corrected chi connectivity index (χ2v) is 9.55. The molecule has 4 N–H and O–H groups in total. The summed E-state index contributed by atoms with van der Waals surface area (Å²) in [7, 11) is 0. The first kappa shape index (κ1) is 24.3. The Hall–Kier alpha value is -2.37. The Morgan fingerprint density at radius 3 is 2.44 bits per heavy atom. The van der Waals surface area contributed by atoms with Crippen molar-refractivity contribution in [3.8, 4) is 5.75 Å². The Balaban J connectivity index is 1.77. The molecule has 0 bridgehead atoms. The maximum Gasteiger partial charge on any atom is 0.217 e. The van der Waals surface area contributed by atoms with Gasteiger partial charge >= 0.3 is 0 Å². The van der Waals surface area contributed by atoms with Crippen LogP contribution < -0.4 is 10.6 Å². The van der Waals surface area contributed by atoms with Gasteiger partial charge in [-0.25, -0.2) is 0 Å². The topological polar surface area (TPSA) is 81.6 Å². The van der Waals surface area contributed by atoms with Gasteiger partial charge in [-0.05, 0) is 54.0 Å². The van der Waals surface area contributed by atoms with Gasteiger partial charge in [0.2, 0.25) is 5.91 Å². The zero-order valence-corrected chi connectivity index (χ0v) is 19.6. The van der Waals surface area contributed by atoms with Gasteiger partial charge in [0.15, 0.2) is 0 Å². The number of phenolic OH excluding ortho intramolecular Hbond substituents is 1. The first-order valence-corrected chi connectivity index (χ1v) is 11.9. The second kappa shape index (κ2) is 11.0. The van der Waals surface area contributed by atoms with Crippen molar-refractivity contribution < 1.29 is 15.0 Å². The Morgan fingerprint density at radius 2 is 1.78 bits per heavy atom. The lowest BCUT2D eigenvalue weighted by Gasteiger charge is -2.40. The number of benzene rings is 2. The molecule has 0 heterocycles. The minimum Gasteiger partial charge on any atom is -0.508 e. The number of aliphatic hydroxyl groups excluding tert-OH is 1. The second-order valence-electron chi connectivity index (χ2n) is 9.55. The van der Waals surface area contributed by atoms with E-state index in [9.17, 15) is 15.0 Å². The first-order valence-electron chi connectivity index (χ1n) is 11.9. The van der Waals surface area contributed by atoms with Crippen LogP contribution in [0.25, 0.3) is 0 Å². The van der Waals surface area contributed by atoms with Crippen molar-refractivity contribution in [2.24, 2.45) is 0 Å². The van der Waals surface area contributed by atoms with Crippen LogP contribution in [0.15, 0.2) is 48.5 Å². The van der Waals surface area contributed by atoms with Gasteiger partial charge in [0, 0.05) is 19.0 Å². The van der Waals surface area contributed by atoms with E-state index in [1.54, 1.807) is 18.2 Å². The molecule has 174 valence electrons. The molecule has 1 fully saturated rings. The molecule has 1 saturated carbocycles. The van der Waals surface area contributed by atoms with E-state index in [1.807, 2.05) is 6.07 Å². The molecule has 1 amide bonds. The van der Waals surface area contributed by atoms with E-state index >= 15 is 0 Å². The Labute approximate surface area is 192 Å². The number of aromatic hydroxyl groups is 1. The van der Waals surface area contributed by atoms with E-state index in [-0.39, 0.29) is 17.2 Å². The van der Waals surface area contributed by atoms with E-state index in [4.69, 9.17) is 0 Å². The summed E-state index contributed by atoms with van der Waals surface area (Å²) in [5.74, 6) is 0.474. The number of carbonyl (C=O) groups is 1.